The van der Waals surface area contributed by atoms with Gasteiger partial charge in [0.2, 0.25) is 17.4 Å². The zero-order valence-corrected chi connectivity index (χ0v) is 20.1. The number of hydrogen-bond acceptors (Lipinski definition) is 2. The van der Waals surface area contributed by atoms with Gasteiger partial charge < -0.3 is 4.42 Å². The third-order valence-electron chi connectivity index (χ3n) is 6.97. The van der Waals surface area contributed by atoms with Gasteiger partial charge in [0.1, 0.15) is 7.05 Å². The zero-order chi connectivity index (χ0) is 25.3. The number of pyridine rings is 2. The van der Waals surface area contributed by atoms with Crippen LogP contribution in [0.2, 0.25) is 0 Å². The highest BCUT2D eigenvalue weighted by molar-refractivity contribution is 6.11. The quantitative estimate of drug-likeness (QED) is 0.152. The van der Waals surface area contributed by atoms with Crippen molar-refractivity contribution in [1.29, 1.82) is 0 Å². The van der Waals surface area contributed by atoms with Gasteiger partial charge in [-0.05, 0) is 66.6 Å². The standard InChI is InChI=1S/C28H25F4N2O/c1-15-12-21-20-8-9-22(29)33-26(20)35-25(21)23(16(15)2)24-19-7-6-17(13-18(19)10-11-34(24)5)14-27(3,4)28(30,31)32/h6-13H,14H2,1-5H3/q+1. The fraction of sp³-hybridized carbons (Fsp3) is 0.286. The van der Waals surface area contributed by atoms with E-state index >= 15 is 0 Å². The molecule has 0 saturated heterocycles. The number of aryl methyl sites for hydroxylation is 2. The molecule has 0 aliphatic carbocycles. The molecule has 2 aromatic carbocycles. The number of halogens is 4. The molecule has 3 heterocycles. The molecule has 0 saturated carbocycles. The molecule has 0 radical (unpaired) electrons. The van der Waals surface area contributed by atoms with Crippen LogP contribution in [0.3, 0.4) is 0 Å². The fourth-order valence-corrected chi connectivity index (χ4v) is 4.73. The maximum Gasteiger partial charge on any atom is 0.394 e. The minimum absolute atomic E-state index is 0.114. The maximum atomic E-state index is 13.8. The Hall–Kier alpha value is -3.48. The number of fused-ring (bicyclic) bond motifs is 4. The molecule has 7 heteroatoms. The molecule has 0 amide bonds. The molecule has 5 aromatic rings. The Morgan fingerprint density at radius 1 is 0.943 bits per heavy atom. The molecule has 0 N–H and O–H groups in total. The van der Waals surface area contributed by atoms with Gasteiger partial charge in [-0.2, -0.15) is 22.5 Å². The number of aromatic nitrogens is 2. The first-order valence-electron chi connectivity index (χ1n) is 11.3. The molecule has 3 aromatic heterocycles. The summed E-state index contributed by atoms with van der Waals surface area (Å²) >= 11 is 0. The Morgan fingerprint density at radius 3 is 2.37 bits per heavy atom. The van der Waals surface area contributed by atoms with Crippen LogP contribution in [-0.4, -0.2) is 11.2 Å². The van der Waals surface area contributed by atoms with Crippen molar-refractivity contribution in [1.82, 2.24) is 4.98 Å². The van der Waals surface area contributed by atoms with Crippen molar-refractivity contribution in [2.75, 3.05) is 0 Å². The number of rotatable bonds is 3. The van der Waals surface area contributed by atoms with Crippen molar-refractivity contribution >= 4 is 32.8 Å². The van der Waals surface area contributed by atoms with E-state index in [0.717, 1.165) is 43.9 Å². The second-order valence-electron chi connectivity index (χ2n) is 9.91. The number of hydrogen-bond donors (Lipinski definition) is 0. The van der Waals surface area contributed by atoms with Gasteiger partial charge in [-0.1, -0.05) is 26.0 Å². The second-order valence-corrected chi connectivity index (χ2v) is 9.91. The summed E-state index contributed by atoms with van der Waals surface area (Å²) in [5, 5.41) is 3.29. The fourth-order valence-electron chi connectivity index (χ4n) is 4.73. The van der Waals surface area contributed by atoms with Gasteiger partial charge >= 0.3 is 6.18 Å². The predicted molar refractivity (Wildman–Crippen MR) is 129 cm³/mol. The van der Waals surface area contributed by atoms with Crippen LogP contribution in [-0.2, 0) is 13.5 Å². The van der Waals surface area contributed by atoms with Gasteiger partial charge in [-0.3, -0.25) is 0 Å². The lowest BCUT2D eigenvalue weighted by molar-refractivity contribution is -0.659. The highest BCUT2D eigenvalue weighted by Gasteiger charge is 2.47. The van der Waals surface area contributed by atoms with Gasteiger partial charge in [0, 0.05) is 16.8 Å². The van der Waals surface area contributed by atoms with Crippen LogP contribution in [0.1, 0.15) is 30.5 Å². The van der Waals surface area contributed by atoms with Crippen LogP contribution in [0.15, 0.2) is 53.1 Å². The number of nitrogens with zero attached hydrogens (tertiary/aromatic N) is 2. The van der Waals surface area contributed by atoms with E-state index < -0.39 is 17.5 Å². The maximum absolute atomic E-state index is 13.8. The van der Waals surface area contributed by atoms with Crippen molar-refractivity contribution in [3.8, 4) is 11.3 Å². The topological polar surface area (TPSA) is 29.9 Å². The van der Waals surface area contributed by atoms with Crippen molar-refractivity contribution < 1.29 is 26.5 Å². The molecular formula is C28H25F4N2O+. The summed E-state index contributed by atoms with van der Waals surface area (Å²) in [6.07, 6.45) is -2.52. The largest absolute Gasteiger partial charge is 0.437 e. The van der Waals surface area contributed by atoms with E-state index in [9.17, 15) is 17.6 Å². The van der Waals surface area contributed by atoms with Gasteiger partial charge in [0.05, 0.1) is 16.4 Å². The molecule has 180 valence electrons. The minimum Gasteiger partial charge on any atom is -0.437 e. The molecule has 5 rings (SSSR count). The summed E-state index contributed by atoms with van der Waals surface area (Å²) < 4.78 is 62.3. The molecule has 0 aliphatic heterocycles. The van der Waals surface area contributed by atoms with Crippen molar-refractivity contribution in [3.05, 3.63) is 71.3 Å². The van der Waals surface area contributed by atoms with E-state index in [1.807, 2.05) is 55.9 Å². The SMILES string of the molecule is Cc1cc2c(oc3nc(F)ccc32)c(-c2c3ccc(CC(C)(C)C(F)(F)F)cc3cc[n+]2C)c1C. The lowest BCUT2D eigenvalue weighted by Crippen LogP contribution is -2.34. The third-order valence-corrected chi connectivity index (χ3v) is 6.97. The molecule has 3 nitrogen and oxygen atoms in total. The molecule has 35 heavy (non-hydrogen) atoms. The van der Waals surface area contributed by atoms with Crippen LogP contribution in [0.5, 0.6) is 0 Å². The normalized spacial score (nSPS) is 12.8. The first-order chi connectivity index (χ1) is 16.4. The second kappa shape index (κ2) is 7.77. The van der Waals surface area contributed by atoms with E-state index in [4.69, 9.17) is 4.42 Å². The van der Waals surface area contributed by atoms with E-state index in [2.05, 4.69) is 4.98 Å². The lowest BCUT2D eigenvalue weighted by Gasteiger charge is -2.27. The zero-order valence-electron chi connectivity index (χ0n) is 20.1. The van der Waals surface area contributed by atoms with Gasteiger partial charge in [-0.25, -0.2) is 4.57 Å². The van der Waals surface area contributed by atoms with Crippen LogP contribution in [0.4, 0.5) is 17.6 Å². The van der Waals surface area contributed by atoms with Crippen LogP contribution < -0.4 is 4.57 Å². The first kappa shape index (κ1) is 23.3. The summed E-state index contributed by atoms with van der Waals surface area (Å²) in [7, 11) is 1.92. The number of alkyl halides is 3. The van der Waals surface area contributed by atoms with E-state index in [1.165, 1.54) is 19.9 Å². The third kappa shape index (κ3) is 3.74. The van der Waals surface area contributed by atoms with Crippen molar-refractivity contribution in [3.63, 3.8) is 0 Å². The summed E-state index contributed by atoms with van der Waals surface area (Å²) in [4.78, 5) is 3.93. The lowest BCUT2D eigenvalue weighted by atomic mass is 9.84. The summed E-state index contributed by atoms with van der Waals surface area (Å²) in [5.41, 5.74) is 3.39. The average Bonchev–Trinajstić information content (AvgIpc) is 3.11. The Morgan fingerprint density at radius 2 is 1.66 bits per heavy atom. The van der Waals surface area contributed by atoms with E-state index in [-0.39, 0.29) is 12.1 Å². The molecule has 0 spiro atoms. The van der Waals surface area contributed by atoms with E-state index in [1.54, 1.807) is 12.1 Å². The Bertz CT molecular complexity index is 1630. The summed E-state index contributed by atoms with van der Waals surface area (Å²) in [6.45, 7) is 6.46. The molecular weight excluding hydrogens is 456 g/mol. The highest BCUT2D eigenvalue weighted by Crippen LogP contribution is 2.42. The smallest absolute Gasteiger partial charge is 0.394 e. The van der Waals surface area contributed by atoms with Gasteiger partial charge in [-0.15, -0.1) is 0 Å². The number of furan rings is 1. The van der Waals surface area contributed by atoms with Crippen LogP contribution >= 0.6 is 0 Å². The van der Waals surface area contributed by atoms with E-state index in [0.29, 0.717) is 11.1 Å². The highest BCUT2D eigenvalue weighted by atomic mass is 19.4. The van der Waals surface area contributed by atoms with Crippen molar-refractivity contribution in [2.45, 2.75) is 40.3 Å². The molecule has 0 aliphatic rings. The molecule has 0 unspecified atom stereocenters. The molecule has 0 bridgehead atoms. The Labute approximate surface area is 200 Å². The Kier molecular flexibility index (Phi) is 5.16. The number of benzene rings is 2. The minimum atomic E-state index is -4.30. The van der Waals surface area contributed by atoms with Gasteiger partial charge in [0.15, 0.2) is 11.8 Å². The summed E-state index contributed by atoms with van der Waals surface area (Å²) in [6, 6.07) is 12.4. The van der Waals surface area contributed by atoms with Crippen LogP contribution in [0.25, 0.3) is 44.1 Å². The average molecular weight is 482 g/mol. The summed E-state index contributed by atoms with van der Waals surface area (Å²) in [5.74, 6) is -0.614. The molecule has 0 atom stereocenters. The predicted octanol–water partition coefficient (Wildman–Crippen LogP) is 7.51. The first-order valence-corrected chi connectivity index (χ1v) is 11.3. The van der Waals surface area contributed by atoms with Crippen LogP contribution in [0, 0.1) is 25.2 Å². The van der Waals surface area contributed by atoms with Crippen molar-refractivity contribution in [2.24, 2.45) is 12.5 Å². The molecule has 0 fully saturated rings. The van der Waals surface area contributed by atoms with Gasteiger partial charge in [0.25, 0.3) is 0 Å². The Balaban J connectivity index is 1.77. The monoisotopic (exact) mass is 481 g/mol.